The fourth-order valence-electron chi connectivity index (χ4n) is 5.83. The lowest BCUT2D eigenvalue weighted by atomic mass is 9.84. The lowest BCUT2D eigenvalue weighted by Gasteiger charge is -2.28. The van der Waals surface area contributed by atoms with Crippen molar-refractivity contribution < 1.29 is 24.1 Å². The SMILES string of the molecule is COCC(C)(C)c1c(-c2ccc(C(=O)N3CCC(O)(CO)C3)cc2)c2cc(N)c(C=N)cc2n1-c1ccc(F)cc1. The number of ether oxygens (including phenoxy) is 1. The van der Waals surface area contributed by atoms with E-state index in [0.717, 1.165) is 33.4 Å². The first-order valence-corrected chi connectivity index (χ1v) is 13.5. The number of nitrogens with one attached hydrogen (secondary N) is 1. The average molecular weight is 559 g/mol. The number of fused-ring (bicyclic) bond motifs is 1. The number of carbonyl (C=O) groups is 1. The van der Waals surface area contributed by atoms with Gasteiger partial charge in [0, 0.05) is 64.4 Å². The minimum absolute atomic E-state index is 0.0826. The molecule has 1 unspecified atom stereocenters. The number of aromatic nitrogens is 1. The Morgan fingerprint density at radius 1 is 1.17 bits per heavy atom. The molecule has 4 aromatic rings. The van der Waals surface area contributed by atoms with E-state index in [2.05, 4.69) is 18.4 Å². The second-order valence-electron chi connectivity index (χ2n) is 11.4. The highest BCUT2D eigenvalue weighted by molar-refractivity contribution is 6.05. The van der Waals surface area contributed by atoms with Gasteiger partial charge in [-0.15, -0.1) is 0 Å². The van der Waals surface area contributed by atoms with E-state index in [1.54, 1.807) is 36.3 Å². The summed E-state index contributed by atoms with van der Waals surface area (Å²) in [6.07, 6.45) is 1.54. The van der Waals surface area contributed by atoms with Crippen LogP contribution in [0.25, 0.3) is 27.7 Å². The summed E-state index contributed by atoms with van der Waals surface area (Å²) in [5.74, 6) is -0.558. The minimum atomic E-state index is -1.27. The molecule has 0 spiro atoms. The van der Waals surface area contributed by atoms with Crippen molar-refractivity contribution in [2.24, 2.45) is 0 Å². The van der Waals surface area contributed by atoms with Crippen molar-refractivity contribution in [1.82, 2.24) is 9.47 Å². The number of anilines is 1. The Hall–Kier alpha value is -4.05. The molecule has 3 aromatic carbocycles. The normalized spacial score (nSPS) is 17.4. The second kappa shape index (κ2) is 10.7. The van der Waals surface area contributed by atoms with Gasteiger partial charge in [-0.3, -0.25) is 4.79 Å². The van der Waals surface area contributed by atoms with Gasteiger partial charge in [-0.2, -0.15) is 0 Å². The molecule has 1 amide bonds. The Labute approximate surface area is 238 Å². The number of nitrogens with two attached hydrogens (primary N) is 1. The molecule has 1 aromatic heterocycles. The zero-order valence-electron chi connectivity index (χ0n) is 23.4. The standard InChI is InChI=1S/C32H35FN4O4/c1-31(2,19-41-3)29-28(20-4-6-21(7-5-20)30(39)36-13-12-32(40,17-36)18-38)25-15-26(35)22(16-34)14-27(25)37(29)24-10-8-23(33)9-11-24/h4-11,14-16,34,38,40H,12-13,17-19,35H2,1-3H3. The summed E-state index contributed by atoms with van der Waals surface area (Å²) in [4.78, 5) is 14.8. The first-order chi connectivity index (χ1) is 19.5. The van der Waals surface area contributed by atoms with E-state index in [4.69, 9.17) is 15.9 Å². The summed E-state index contributed by atoms with van der Waals surface area (Å²) >= 11 is 0. The van der Waals surface area contributed by atoms with E-state index in [9.17, 15) is 19.4 Å². The van der Waals surface area contributed by atoms with Crippen LogP contribution in [0.5, 0.6) is 0 Å². The van der Waals surface area contributed by atoms with Gasteiger partial charge in [0.25, 0.3) is 5.91 Å². The van der Waals surface area contributed by atoms with Crippen LogP contribution >= 0.6 is 0 Å². The van der Waals surface area contributed by atoms with Crippen LogP contribution < -0.4 is 5.73 Å². The van der Waals surface area contributed by atoms with Crippen LogP contribution in [-0.4, -0.2) is 70.8 Å². The van der Waals surface area contributed by atoms with Crippen LogP contribution in [0.2, 0.25) is 0 Å². The first-order valence-electron chi connectivity index (χ1n) is 13.5. The lowest BCUT2D eigenvalue weighted by molar-refractivity contribution is -0.00455. The third-order valence-corrected chi connectivity index (χ3v) is 7.89. The topological polar surface area (TPSA) is 125 Å². The number of amides is 1. The van der Waals surface area contributed by atoms with Gasteiger partial charge < -0.3 is 35.6 Å². The molecule has 214 valence electrons. The van der Waals surface area contributed by atoms with Crippen molar-refractivity contribution in [3.8, 4) is 16.8 Å². The summed E-state index contributed by atoms with van der Waals surface area (Å²) in [5.41, 5.74) is 10.3. The van der Waals surface area contributed by atoms with Crippen LogP contribution in [0.3, 0.4) is 0 Å². The van der Waals surface area contributed by atoms with E-state index >= 15 is 0 Å². The second-order valence-corrected chi connectivity index (χ2v) is 11.4. The van der Waals surface area contributed by atoms with Gasteiger partial charge in [-0.1, -0.05) is 26.0 Å². The van der Waals surface area contributed by atoms with Gasteiger partial charge in [-0.25, -0.2) is 4.39 Å². The summed E-state index contributed by atoms with van der Waals surface area (Å²) < 4.78 is 21.7. The summed E-state index contributed by atoms with van der Waals surface area (Å²) in [5, 5.41) is 28.6. The molecule has 0 radical (unpaired) electrons. The van der Waals surface area contributed by atoms with Crippen molar-refractivity contribution in [2.75, 3.05) is 39.1 Å². The number of aliphatic hydroxyl groups is 2. The number of aliphatic hydroxyl groups excluding tert-OH is 1. The zero-order valence-corrected chi connectivity index (χ0v) is 23.4. The van der Waals surface area contributed by atoms with Gasteiger partial charge in [0.1, 0.15) is 11.4 Å². The fourth-order valence-corrected chi connectivity index (χ4v) is 5.83. The number of rotatable bonds is 8. The van der Waals surface area contributed by atoms with E-state index < -0.39 is 17.6 Å². The molecule has 1 saturated heterocycles. The molecule has 1 aliphatic rings. The number of likely N-dealkylation sites (tertiary alicyclic amines) is 1. The van der Waals surface area contributed by atoms with Crippen LogP contribution in [0.1, 0.15) is 41.9 Å². The number of benzene rings is 3. The molecule has 0 bridgehead atoms. The Morgan fingerprint density at radius 3 is 2.44 bits per heavy atom. The quantitative estimate of drug-likeness (QED) is 0.187. The van der Waals surface area contributed by atoms with E-state index in [-0.39, 0.29) is 18.3 Å². The molecule has 5 N–H and O–H groups in total. The number of halogens is 1. The highest BCUT2D eigenvalue weighted by Gasteiger charge is 2.38. The number of carbonyl (C=O) groups excluding carboxylic acids is 1. The van der Waals surface area contributed by atoms with Crippen molar-refractivity contribution in [2.45, 2.75) is 31.3 Å². The van der Waals surface area contributed by atoms with Gasteiger partial charge in [0.15, 0.2) is 0 Å². The third kappa shape index (κ3) is 5.12. The third-order valence-electron chi connectivity index (χ3n) is 7.89. The van der Waals surface area contributed by atoms with E-state index in [1.807, 2.05) is 24.3 Å². The number of nitrogens with zero attached hydrogens (tertiary/aromatic N) is 2. The molecule has 1 aliphatic heterocycles. The molecule has 5 rings (SSSR count). The molecule has 0 saturated carbocycles. The first kappa shape index (κ1) is 28.5. The smallest absolute Gasteiger partial charge is 0.253 e. The fraction of sp³-hybridized carbons (Fsp3) is 0.312. The molecule has 8 nitrogen and oxygen atoms in total. The Balaban J connectivity index is 1.72. The average Bonchev–Trinajstić information content (AvgIpc) is 3.52. The maximum absolute atomic E-state index is 14.0. The summed E-state index contributed by atoms with van der Waals surface area (Å²) in [6.45, 7) is 4.60. The monoisotopic (exact) mass is 558 g/mol. The predicted molar refractivity (Wildman–Crippen MR) is 158 cm³/mol. The Morgan fingerprint density at radius 2 is 1.85 bits per heavy atom. The molecular formula is C32H35FN4O4. The lowest BCUT2D eigenvalue weighted by Crippen LogP contribution is -2.38. The molecule has 41 heavy (non-hydrogen) atoms. The largest absolute Gasteiger partial charge is 0.398 e. The number of hydrogen-bond acceptors (Lipinski definition) is 6. The Kier molecular flexibility index (Phi) is 7.46. The zero-order chi connectivity index (χ0) is 29.5. The number of nitrogen functional groups attached to an aromatic ring is 1. The molecule has 2 heterocycles. The van der Waals surface area contributed by atoms with Crippen LogP contribution in [0.15, 0.2) is 60.7 Å². The molecule has 0 aliphatic carbocycles. The predicted octanol–water partition coefficient (Wildman–Crippen LogP) is 4.51. The number of β-amino-alcohol motifs (C(OH)–C–C–N with tert-alkyl or cyclic N) is 1. The highest BCUT2D eigenvalue weighted by Crippen LogP contribution is 2.44. The van der Waals surface area contributed by atoms with E-state index in [1.165, 1.54) is 18.3 Å². The van der Waals surface area contributed by atoms with Crippen LogP contribution in [0.4, 0.5) is 10.1 Å². The van der Waals surface area contributed by atoms with Gasteiger partial charge in [0.05, 0.1) is 25.3 Å². The Bertz CT molecular complexity index is 1610. The van der Waals surface area contributed by atoms with Crippen molar-refractivity contribution >= 4 is 28.7 Å². The maximum atomic E-state index is 14.0. The van der Waals surface area contributed by atoms with Gasteiger partial charge in [0.2, 0.25) is 0 Å². The van der Waals surface area contributed by atoms with Crippen molar-refractivity contribution in [3.05, 3.63) is 83.3 Å². The van der Waals surface area contributed by atoms with Crippen LogP contribution in [-0.2, 0) is 10.2 Å². The number of hydrogen-bond donors (Lipinski definition) is 4. The highest BCUT2D eigenvalue weighted by atomic mass is 19.1. The van der Waals surface area contributed by atoms with Crippen LogP contribution in [0, 0.1) is 11.2 Å². The number of methoxy groups -OCH3 is 1. The van der Waals surface area contributed by atoms with Gasteiger partial charge >= 0.3 is 0 Å². The molecule has 1 atom stereocenters. The van der Waals surface area contributed by atoms with Gasteiger partial charge in [-0.05, 0) is 60.5 Å². The van der Waals surface area contributed by atoms with E-state index in [0.29, 0.717) is 36.4 Å². The summed E-state index contributed by atoms with van der Waals surface area (Å²) in [7, 11) is 1.65. The van der Waals surface area contributed by atoms with Crippen molar-refractivity contribution in [1.29, 1.82) is 5.41 Å². The maximum Gasteiger partial charge on any atom is 0.253 e. The summed E-state index contributed by atoms with van der Waals surface area (Å²) in [6, 6.07) is 17.3. The molecule has 9 heteroatoms. The minimum Gasteiger partial charge on any atom is -0.398 e. The molecule has 1 fully saturated rings. The van der Waals surface area contributed by atoms with Crippen molar-refractivity contribution in [3.63, 3.8) is 0 Å². The molecular weight excluding hydrogens is 523 g/mol.